The Kier molecular flexibility index (Phi) is 6.22. The summed E-state index contributed by atoms with van der Waals surface area (Å²) in [5, 5.41) is 2.51. The summed E-state index contributed by atoms with van der Waals surface area (Å²) in [6, 6.07) is 6.73. The molecule has 0 saturated heterocycles. The molecular weight excluding hydrogens is 284 g/mol. The first-order valence-electron chi connectivity index (χ1n) is 7.13. The second kappa shape index (κ2) is 7.68. The highest BCUT2D eigenvalue weighted by molar-refractivity contribution is 5.84. The van der Waals surface area contributed by atoms with E-state index in [9.17, 15) is 9.59 Å². The number of primary amides is 1. The third-order valence-corrected chi connectivity index (χ3v) is 2.92. The van der Waals surface area contributed by atoms with Crippen LogP contribution in [0.2, 0.25) is 0 Å². The zero-order chi connectivity index (χ0) is 16.8. The summed E-state index contributed by atoms with van der Waals surface area (Å²) in [6.07, 6.45) is 0.361. The molecule has 1 aromatic rings. The molecular formula is C16H24N2O4. The van der Waals surface area contributed by atoms with Crippen LogP contribution in [0.1, 0.15) is 32.8 Å². The van der Waals surface area contributed by atoms with Crippen molar-refractivity contribution in [2.75, 3.05) is 7.11 Å². The van der Waals surface area contributed by atoms with Crippen LogP contribution >= 0.6 is 0 Å². The second-order valence-electron chi connectivity index (χ2n) is 5.99. The standard InChI is InChI=1S/C16H24N2O4/c1-16(2,3)22-15(20)18-13(14(17)19)10-7-11-5-8-12(21-4)9-6-11/h5-6,8-9,13H,7,10H2,1-4H3,(H2,17,19)(H,18,20). The highest BCUT2D eigenvalue weighted by Crippen LogP contribution is 2.13. The molecule has 0 aromatic heterocycles. The van der Waals surface area contributed by atoms with Crippen LogP contribution in [0.15, 0.2) is 24.3 Å². The van der Waals surface area contributed by atoms with Gasteiger partial charge in [0.1, 0.15) is 17.4 Å². The van der Waals surface area contributed by atoms with Gasteiger partial charge in [0.15, 0.2) is 0 Å². The number of hydrogen-bond acceptors (Lipinski definition) is 4. The van der Waals surface area contributed by atoms with Crippen LogP contribution in [-0.4, -0.2) is 30.8 Å². The van der Waals surface area contributed by atoms with Crippen molar-refractivity contribution >= 4 is 12.0 Å². The van der Waals surface area contributed by atoms with Crippen LogP contribution < -0.4 is 15.8 Å². The largest absolute Gasteiger partial charge is 0.497 e. The van der Waals surface area contributed by atoms with Crippen molar-refractivity contribution in [1.82, 2.24) is 5.32 Å². The van der Waals surface area contributed by atoms with Crippen LogP contribution in [-0.2, 0) is 16.0 Å². The summed E-state index contributed by atoms with van der Waals surface area (Å²) in [6.45, 7) is 5.26. The van der Waals surface area contributed by atoms with Gasteiger partial charge in [-0.05, 0) is 51.3 Å². The first kappa shape index (κ1) is 17.8. The maximum atomic E-state index is 11.7. The summed E-state index contributed by atoms with van der Waals surface area (Å²) in [7, 11) is 1.60. The molecule has 1 aromatic carbocycles. The van der Waals surface area contributed by atoms with Crippen molar-refractivity contribution in [2.24, 2.45) is 5.73 Å². The van der Waals surface area contributed by atoms with Gasteiger partial charge in [0.2, 0.25) is 5.91 Å². The molecule has 1 atom stereocenters. The lowest BCUT2D eigenvalue weighted by molar-refractivity contribution is -0.120. The van der Waals surface area contributed by atoms with E-state index in [1.807, 2.05) is 24.3 Å². The Morgan fingerprint density at radius 2 is 1.82 bits per heavy atom. The van der Waals surface area contributed by atoms with Gasteiger partial charge in [-0.25, -0.2) is 4.79 Å². The number of methoxy groups -OCH3 is 1. The maximum Gasteiger partial charge on any atom is 0.408 e. The average molecular weight is 308 g/mol. The van der Waals surface area contributed by atoms with Crippen LogP contribution in [0.3, 0.4) is 0 Å². The van der Waals surface area contributed by atoms with Gasteiger partial charge in [-0.15, -0.1) is 0 Å². The first-order valence-corrected chi connectivity index (χ1v) is 7.13. The molecule has 0 aliphatic carbocycles. The summed E-state index contributed by atoms with van der Waals surface area (Å²) in [5.41, 5.74) is 5.73. The number of alkyl carbamates (subject to hydrolysis) is 1. The Labute approximate surface area is 131 Å². The van der Waals surface area contributed by atoms with Gasteiger partial charge < -0.3 is 20.5 Å². The third-order valence-electron chi connectivity index (χ3n) is 2.92. The lowest BCUT2D eigenvalue weighted by atomic mass is 10.0. The normalized spacial score (nSPS) is 12.4. The van der Waals surface area contributed by atoms with E-state index in [4.69, 9.17) is 15.2 Å². The SMILES string of the molecule is COc1ccc(CCC(NC(=O)OC(C)(C)C)C(N)=O)cc1. The smallest absolute Gasteiger partial charge is 0.408 e. The van der Waals surface area contributed by atoms with Crippen molar-refractivity contribution in [2.45, 2.75) is 45.3 Å². The molecule has 0 radical (unpaired) electrons. The van der Waals surface area contributed by atoms with E-state index in [0.29, 0.717) is 12.8 Å². The third kappa shape index (κ3) is 6.47. The minimum Gasteiger partial charge on any atom is -0.497 e. The van der Waals surface area contributed by atoms with Gasteiger partial charge in [-0.3, -0.25) is 4.79 Å². The molecule has 0 aliphatic rings. The molecule has 1 unspecified atom stereocenters. The van der Waals surface area contributed by atoms with Crippen LogP contribution in [0.5, 0.6) is 5.75 Å². The minimum atomic E-state index is -0.767. The maximum absolute atomic E-state index is 11.7. The minimum absolute atomic E-state index is 0.404. The van der Waals surface area contributed by atoms with E-state index in [1.165, 1.54) is 0 Å². The van der Waals surface area contributed by atoms with Crippen molar-refractivity contribution < 1.29 is 19.1 Å². The Hall–Kier alpha value is -2.24. The zero-order valence-electron chi connectivity index (χ0n) is 13.5. The average Bonchev–Trinajstić information content (AvgIpc) is 2.41. The molecule has 0 spiro atoms. The van der Waals surface area contributed by atoms with Crippen molar-refractivity contribution in [3.63, 3.8) is 0 Å². The number of hydrogen-bond donors (Lipinski definition) is 2. The molecule has 6 nitrogen and oxygen atoms in total. The molecule has 0 aliphatic heterocycles. The van der Waals surface area contributed by atoms with E-state index in [1.54, 1.807) is 27.9 Å². The van der Waals surface area contributed by atoms with Gasteiger partial charge in [-0.2, -0.15) is 0 Å². The fourth-order valence-electron chi connectivity index (χ4n) is 1.84. The predicted octanol–water partition coefficient (Wildman–Crippen LogP) is 2.01. The number of ether oxygens (including phenoxy) is 2. The van der Waals surface area contributed by atoms with Crippen LogP contribution in [0.25, 0.3) is 0 Å². The first-order chi connectivity index (χ1) is 10.2. The van der Waals surface area contributed by atoms with E-state index < -0.39 is 23.6 Å². The number of benzene rings is 1. The van der Waals surface area contributed by atoms with Crippen LogP contribution in [0, 0.1) is 0 Å². The van der Waals surface area contributed by atoms with E-state index >= 15 is 0 Å². The highest BCUT2D eigenvalue weighted by atomic mass is 16.6. The monoisotopic (exact) mass is 308 g/mol. The molecule has 0 heterocycles. The molecule has 0 saturated carbocycles. The number of nitrogens with two attached hydrogens (primary N) is 1. The Balaban J connectivity index is 2.57. The molecule has 122 valence electrons. The topological polar surface area (TPSA) is 90.7 Å². The molecule has 3 N–H and O–H groups in total. The number of amides is 2. The van der Waals surface area contributed by atoms with Gasteiger partial charge >= 0.3 is 6.09 Å². The molecule has 2 amide bonds. The van der Waals surface area contributed by atoms with Crippen LogP contribution in [0.4, 0.5) is 4.79 Å². The number of rotatable bonds is 6. The van der Waals surface area contributed by atoms with Gasteiger partial charge in [0, 0.05) is 0 Å². The molecule has 1 rings (SSSR count). The molecule has 6 heteroatoms. The van der Waals surface area contributed by atoms with E-state index in [-0.39, 0.29) is 0 Å². The highest BCUT2D eigenvalue weighted by Gasteiger charge is 2.22. The fraction of sp³-hybridized carbons (Fsp3) is 0.500. The number of nitrogens with one attached hydrogen (secondary N) is 1. The summed E-state index contributed by atoms with van der Waals surface area (Å²) >= 11 is 0. The molecule has 0 bridgehead atoms. The van der Waals surface area contributed by atoms with Crippen molar-refractivity contribution in [1.29, 1.82) is 0 Å². The van der Waals surface area contributed by atoms with Gasteiger partial charge in [0.05, 0.1) is 7.11 Å². The van der Waals surface area contributed by atoms with Gasteiger partial charge in [-0.1, -0.05) is 12.1 Å². The predicted molar refractivity (Wildman–Crippen MR) is 83.7 cm³/mol. The lowest BCUT2D eigenvalue weighted by Gasteiger charge is -2.22. The number of aryl methyl sites for hydroxylation is 1. The lowest BCUT2D eigenvalue weighted by Crippen LogP contribution is -2.46. The van der Waals surface area contributed by atoms with E-state index in [2.05, 4.69) is 5.32 Å². The Bertz CT molecular complexity index is 506. The number of carbonyl (C=O) groups excluding carboxylic acids is 2. The quantitative estimate of drug-likeness (QED) is 0.841. The number of carbonyl (C=O) groups is 2. The zero-order valence-corrected chi connectivity index (χ0v) is 13.5. The van der Waals surface area contributed by atoms with Crippen molar-refractivity contribution in [3.05, 3.63) is 29.8 Å². The summed E-state index contributed by atoms with van der Waals surface area (Å²) in [5.74, 6) is 0.182. The Morgan fingerprint density at radius 3 is 2.27 bits per heavy atom. The molecule has 22 heavy (non-hydrogen) atoms. The fourth-order valence-corrected chi connectivity index (χ4v) is 1.84. The summed E-state index contributed by atoms with van der Waals surface area (Å²) < 4.78 is 10.2. The second-order valence-corrected chi connectivity index (χ2v) is 5.99. The summed E-state index contributed by atoms with van der Waals surface area (Å²) in [4.78, 5) is 23.2. The van der Waals surface area contributed by atoms with Gasteiger partial charge in [0.25, 0.3) is 0 Å². The van der Waals surface area contributed by atoms with Crippen molar-refractivity contribution in [3.8, 4) is 5.75 Å². The Morgan fingerprint density at radius 1 is 1.23 bits per heavy atom. The molecule has 0 fully saturated rings. The van der Waals surface area contributed by atoms with E-state index in [0.717, 1.165) is 11.3 Å².